The van der Waals surface area contributed by atoms with Crippen molar-refractivity contribution >= 4 is 5.95 Å². The monoisotopic (exact) mass is 181 g/mol. The van der Waals surface area contributed by atoms with Gasteiger partial charge in [0.05, 0.1) is 18.9 Å². The van der Waals surface area contributed by atoms with E-state index < -0.39 is 0 Å². The minimum Gasteiger partial charge on any atom is -0.381 e. The summed E-state index contributed by atoms with van der Waals surface area (Å²) in [6, 6.07) is 0. The first-order valence-electron chi connectivity index (χ1n) is 4.22. The Morgan fingerprint density at radius 1 is 1.38 bits per heavy atom. The average Bonchev–Trinajstić information content (AvgIpc) is 2.28. The number of anilines is 1. The van der Waals surface area contributed by atoms with E-state index in [4.69, 9.17) is 10.5 Å². The number of nitrogen functional groups attached to an aromatic ring is 1. The summed E-state index contributed by atoms with van der Waals surface area (Å²) in [5.41, 5.74) is 6.79. The molecule has 0 spiro atoms. The lowest BCUT2D eigenvalue weighted by Crippen LogP contribution is -2.19. The molecule has 5 nitrogen and oxygen atoms in total. The number of nitrogens with zero attached hydrogens (tertiary/aromatic N) is 1. The lowest BCUT2D eigenvalue weighted by Gasteiger charge is -2.02. The maximum atomic E-state index is 11.4. The van der Waals surface area contributed by atoms with E-state index in [0.717, 1.165) is 5.69 Å². The molecular weight excluding hydrogens is 170 g/mol. The quantitative estimate of drug-likeness (QED) is 0.563. The molecule has 0 unspecified atom stereocenters. The predicted octanol–water partition coefficient (Wildman–Crippen LogP) is -0.533. The van der Waals surface area contributed by atoms with Crippen molar-refractivity contribution in [2.75, 3.05) is 18.9 Å². The average molecular weight is 181 g/mol. The predicted molar refractivity (Wildman–Crippen MR) is 47.5 cm³/mol. The van der Waals surface area contributed by atoms with Crippen LogP contribution in [0.4, 0.5) is 5.95 Å². The van der Waals surface area contributed by atoms with Gasteiger partial charge >= 0.3 is 0 Å². The topological polar surface area (TPSA) is 81.0 Å². The summed E-state index contributed by atoms with van der Waals surface area (Å²) in [4.78, 5) is 18.0. The summed E-state index contributed by atoms with van der Waals surface area (Å²) >= 11 is 0. The first-order valence-corrected chi connectivity index (χ1v) is 4.22. The van der Waals surface area contributed by atoms with Crippen LogP contribution in [0.15, 0.2) is 4.79 Å². The molecule has 1 aliphatic rings. The number of nitrogens with one attached hydrogen (secondary N) is 1. The van der Waals surface area contributed by atoms with Crippen LogP contribution in [0.2, 0.25) is 0 Å². The van der Waals surface area contributed by atoms with Gasteiger partial charge in [-0.25, -0.2) is 4.98 Å². The SMILES string of the molecule is Nc1nc2c(c(=O)[nH]1)CCOCC2. The Morgan fingerprint density at radius 2 is 2.15 bits per heavy atom. The molecule has 0 atom stereocenters. The molecule has 0 saturated heterocycles. The van der Waals surface area contributed by atoms with Crippen molar-refractivity contribution < 1.29 is 4.74 Å². The molecule has 70 valence electrons. The lowest BCUT2D eigenvalue weighted by molar-refractivity contribution is 0.146. The number of H-pyrrole nitrogens is 1. The van der Waals surface area contributed by atoms with Crippen molar-refractivity contribution in [1.29, 1.82) is 0 Å². The zero-order valence-corrected chi connectivity index (χ0v) is 7.17. The van der Waals surface area contributed by atoms with E-state index in [1.165, 1.54) is 0 Å². The Morgan fingerprint density at radius 3 is 3.00 bits per heavy atom. The molecule has 0 saturated carbocycles. The minimum absolute atomic E-state index is 0.131. The van der Waals surface area contributed by atoms with E-state index >= 15 is 0 Å². The number of aromatic amines is 1. The molecular formula is C8H11N3O2. The van der Waals surface area contributed by atoms with Gasteiger partial charge in [-0.1, -0.05) is 0 Å². The Balaban J connectivity index is 2.53. The third kappa shape index (κ3) is 1.55. The number of hydrogen-bond acceptors (Lipinski definition) is 4. The highest BCUT2D eigenvalue weighted by Crippen LogP contribution is 2.07. The van der Waals surface area contributed by atoms with Crippen LogP contribution in [0, 0.1) is 0 Å². The van der Waals surface area contributed by atoms with Gasteiger partial charge in [0.25, 0.3) is 5.56 Å². The smallest absolute Gasteiger partial charge is 0.255 e. The van der Waals surface area contributed by atoms with Crippen LogP contribution >= 0.6 is 0 Å². The zero-order valence-electron chi connectivity index (χ0n) is 7.17. The first kappa shape index (κ1) is 8.25. The summed E-state index contributed by atoms with van der Waals surface area (Å²) in [6.45, 7) is 1.20. The zero-order chi connectivity index (χ0) is 9.26. The van der Waals surface area contributed by atoms with Gasteiger partial charge in [-0.3, -0.25) is 9.78 Å². The largest absolute Gasteiger partial charge is 0.381 e. The molecule has 0 aliphatic carbocycles. The van der Waals surface area contributed by atoms with Crippen molar-refractivity contribution in [3.63, 3.8) is 0 Å². The fourth-order valence-electron chi connectivity index (χ4n) is 1.47. The van der Waals surface area contributed by atoms with E-state index in [-0.39, 0.29) is 11.5 Å². The van der Waals surface area contributed by atoms with Crippen molar-refractivity contribution in [3.8, 4) is 0 Å². The molecule has 0 bridgehead atoms. The van der Waals surface area contributed by atoms with Gasteiger partial charge < -0.3 is 10.5 Å². The molecule has 3 N–H and O–H groups in total. The van der Waals surface area contributed by atoms with E-state index in [1.54, 1.807) is 0 Å². The van der Waals surface area contributed by atoms with Gasteiger partial charge in [-0.15, -0.1) is 0 Å². The summed E-state index contributed by atoms with van der Waals surface area (Å²) < 4.78 is 5.24. The van der Waals surface area contributed by atoms with Crippen LogP contribution in [0.5, 0.6) is 0 Å². The fraction of sp³-hybridized carbons (Fsp3) is 0.500. The second-order valence-electron chi connectivity index (χ2n) is 2.99. The standard InChI is InChI=1S/C8H11N3O2/c9-8-10-6-2-4-13-3-1-5(6)7(12)11-8/h1-4H2,(H3,9,10,11,12). The highest BCUT2D eigenvalue weighted by atomic mass is 16.5. The van der Waals surface area contributed by atoms with E-state index in [0.29, 0.717) is 31.6 Å². The van der Waals surface area contributed by atoms with E-state index in [1.807, 2.05) is 0 Å². The van der Waals surface area contributed by atoms with Crippen LogP contribution in [-0.2, 0) is 17.6 Å². The van der Waals surface area contributed by atoms with E-state index in [2.05, 4.69) is 9.97 Å². The normalized spacial score (nSPS) is 16.3. The number of hydrogen-bond donors (Lipinski definition) is 2. The number of nitrogens with two attached hydrogens (primary N) is 1. The molecule has 13 heavy (non-hydrogen) atoms. The molecule has 1 aromatic heterocycles. The molecule has 0 radical (unpaired) electrons. The summed E-state index contributed by atoms with van der Waals surface area (Å²) in [7, 11) is 0. The Kier molecular flexibility index (Phi) is 2.02. The van der Waals surface area contributed by atoms with Crippen LogP contribution < -0.4 is 11.3 Å². The maximum Gasteiger partial charge on any atom is 0.255 e. The van der Waals surface area contributed by atoms with Crippen LogP contribution in [0.25, 0.3) is 0 Å². The Labute approximate surface area is 74.9 Å². The molecule has 5 heteroatoms. The van der Waals surface area contributed by atoms with Crippen LogP contribution in [0.1, 0.15) is 11.3 Å². The van der Waals surface area contributed by atoms with Crippen LogP contribution in [-0.4, -0.2) is 23.2 Å². The van der Waals surface area contributed by atoms with Crippen molar-refractivity contribution in [2.45, 2.75) is 12.8 Å². The third-order valence-electron chi connectivity index (χ3n) is 2.10. The third-order valence-corrected chi connectivity index (χ3v) is 2.10. The Hall–Kier alpha value is -1.36. The van der Waals surface area contributed by atoms with Crippen molar-refractivity contribution in [3.05, 3.63) is 21.6 Å². The molecule has 2 heterocycles. The van der Waals surface area contributed by atoms with Gasteiger partial charge in [0.1, 0.15) is 0 Å². The number of fused-ring (bicyclic) bond motifs is 1. The van der Waals surface area contributed by atoms with Gasteiger partial charge in [0, 0.05) is 18.4 Å². The van der Waals surface area contributed by atoms with E-state index in [9.17, 15) is 4.79 Å². The van der Waals surface area contributed by atoms with Gasteiger partial charge in [0.15, 0.2) is 0 Å². The second-order valence-corrected chi connectivity index (χ2v) is 2.99. The van der Waals surface area contributed by atoms with Gasteiger partial charge in [-0.2, -0.15) is 0 Å². The molecule has 0 fully saturated rings. The van der Waals surface area contributed by atoms with Crippen molar-refractivity contribution in [2.24, 2.45) is 0 Å². The molecule has 1 aromatic rings. The second kappa shape index (κ2) is 3.18. The summed E-state index contributed by atoms with van der Waals surface area (Å²) in [5.74, 6) is 0.186. The van der Waals surface area contributed by atoms with Crippen LogP contribution in [0.3, 0.4) is 0 Å². The number of ether oxygens (including phenoxy) is 1. The highest BCUT2D eigenvalue weighted by molar-refractivity contribution is 5.26. The minimum atomic E-state index is -0.131. The molecule has 0 aromatic carbocycles. The van der Waals surface area contributed by atoms with Gasteiger partial charge in [-0.05, 0) is 0 Å². The number of rotatable bonds is 0. The summed E-state index contributed by atoms with van der Waals surface area (Å²) in [5, 5.41) is 0. The molecule has 2 rings (SSSR count). The maximum absolute atomic E-state index is 11.4. The lowest BCUT2D eigenvalue weighted by atomic mass is 10.1. The first-order chi connectivity index (χ1) is 6.27. The fourth-order valence-corrected chi connectivity index (χ4v) is 1.47. The molecule has 1 aliphatic heterocycles. The highest BCUT2D eigenvalue weighted by Gasteiger charge is 2.13. The molecule has 0 amide bonds. The van der Waals surface area contributed by atoms with Crippen molar-refractivity contribution in [1.82, 2.24) is 9.97 Å². The number of aromatic nitrogens is 2. The Bertz CT molecular complexity index is 372. The summed E-state index contributed by atoms with van der Waals surface area (Å²) in [6.07, 6.45) is 1.29. The van der Waals surface area contributed by atoms with Gasteiger partial charge in [0.2, 0.25) is 5.95 Å².